The molecule has 2 aromatic rings. The van der Waals surface area contributed by atoms with Crippen LogP contribution >= 0.6 is 11.6 Å². The third kappa shape index (κ3) is 2.08. The first-order valence-corrected chi connectivity index (χ1v) is 5.07. The van der Waals surface area contributed by atoms with E-state index in [4.69, 9.17) is 17.3 Å². The molecular weight excluding hydrogens is 251 g/mol. The van der Waals surface area contributed by atoms with Gasteiger partial charge in [-0.2, -0.15) is 0 Å². The summed E-state index contributed by atoms with van der Waals surface area (Å²) in [6, 6.07) is 6.35. The maximum atomic E-state index is 13.5. The molecule has 0 aliphatic rings. The van der Waals surface area contributed by atoms with Gasteiger partial charge in [0.15, 0.2) is 17.5 Å². The number of rotatable bonds is 1. The maximum absolute atomic E-state index is 13.5. The molecule has 88 valence electrons. The Morgan fingerprint density at radius 3 is 2.18 bits per heavy atom. The molecule has 5 heteroatoms. The van der Waals surface area contributed by atoms with Crippen molar-refractivity contribution in [3.8, 4) is 11.1 Å². The molecule has 17 heavy (non-hydrogen) atoms. The van der Waals surface area contributed by atoms with E-state index >= 15 is 0 Å². The van der Waals surface area contributed by atoms with Crippen LogP contribution in [0.3, 0.4) is 0 Å². The molecular formula is C12H7ClF3N. The van der Waals surface area contributed by atoms with E-state index in [1.165, 1.54) is 18.2 Å². The van der Waals surface area contributed by atoms with Gasteiger partial charge in [0.1, 0.15) is 0 Å². The number of nitrogen functional groups attached to an aromatic ring is 1. The van der Waals surface area contributed by atoms with Gasteiger partial charge < -0.3 is 5.73 Å². The summed E-state index contributed by atoms with van der Waals surface area (Å²) >= 11 is 5.87. The van der Waals surface area contributed by atoms with Gasteiger partial charge in [-0.15, -0.1) is 0 Å². The number of hydrogen-bond donors (Lipinski definition) is 1. The summed E-state index contributed by atoms with van der Waals surface area (Å²) in [6.07, 6.45) is 0. The second-order valence-electron chi connectivity index (χ2n) is 3.46. The van der Waals surface area contributed by atoms with Gasteiger partial charge in [-0.05, 0) is 24.3 Å². The van der Waals surface area contributed by atoms with Gasteiger partial charge in [-0.1, -0.05) is 17.7 Å². The Balaban J connectivity index is 2.65. The number of halogens is 4. The fourth-order valence-corrected chi connectivity index (χ4v) is 1.77. The van der Waals surface area contributed by atoms with Crippen LogP contribution in [0.5, 0.6) is 0 Å². The molecule has 0 aromatic heterocycles. The van der Waals surface area contributed by atoms with Crippen molar-refractivity contribution in [1.29, 1.82) is 0 Å². The van der Waals surface area contributed by atoms with Gasteiger partial charge in [-0.3, -0.25) is 0 Å². The van der Waals surface area contributed by atoms with Gasteiger partial charge in [0.2, 0.25) is 0 Å². The Bertz CT molecular complexity index is 584. The lowest BCUT2D eigenvalue weighted by atomic mass is 10.0. The quantitative estimate of drug-likeness (QED) is 0.606. The number of nitrogens with two attached hydrogens (primary N) is 1. The molecule has 2 aromatic carbocycles. The molecule has 1 nitrogen and oxygen atoms in total. The van der Waals surface area contributed by atoms with Crippen molar-refractivity contribution in [3.63, 3.8) is 0 Å². The lowest BCUT2D eigenvalue weighted by Gasteiger charge is -2.07. The van der Waals surface area contributed by atoms with Crippen molar-refractivity contribution in [2.75, 3.05) is 5.73 Å². The summed E-state index contributed by atoms with van der Waals surface area (Å²) in [5.41, 5.74) is 6.05. The van der Waals surface area contributed by atoms with Crippen molar-refractivity contribution in [2.24, 2.45) is 0 Å². The van der Waals surface area contributed by atoms with E-state index in [1.54, 1.807) is 0 Å². The van der Waals surface area contributed by atoms with Crippen molar-refractivity contribution in [3.05, 3.63) is 52.8 Å². The highest BCUT2D eigenvalue weighted by Crippen LogP contribution is 2.32. The highest BCUT2D eigenvalue weighted by molar-refractivity contribution is 6.33. The van der Waals surface area contributed by atoms with Gasteiger partial charge in [0.05, 0.1) is 5.02 Å². The summed E-state index contributed by atoms with van der Waals surface area (Å²) in [5, 5.41) is 0.176. The zero-order chi connectivity index (χ0) is 12.6. The van der Waals surface area contributed by atoms with E-state index in [9.17, 15) is 13.2 Å². The standard InChI is InChI=1S/C12H7ClF3N/c13-9-5-6(17)1-2-7(9)8-3-4-10(14)12(16)11(8)15/h1-5H,17H2. The van der Waals surface area contributed by atoms with E-state index in [0.29, 0.717) is 5.69 Å². The van der Waals surface area contributed by atoms with Gasteiger partial charge in [0, 0.05) is 16.8 Å². The first-order chi connectivity index (χ1) is 8.00. The van der Waals surface area contributed by atoms with Crippen LogP contribution < -0.4 is 5.73 Å². The Morgan fingerprint density at radius 2 is 1.53 bits per heavy atom. The largest absolute Gasteiger partial charge is 0.399 e. The Morgan fingerprint density at radius 1 is 0.882 bits per heavy atom. The van der Waals surface area contributed by atoms with Gasteiger partial charge in [0.25, 0.3) is 0 Å². The molecule has 0 fully saturated rings. The highest BCUT2D eigenvalue weighted by atomic mass is 35.5. The fraction of sp³-hybridized carbons (Fsp3) is 0. The first-order valence-electron chi connectivity index (χ1n) is 4.69. The fourth-order valence-electron chi connectivity index (χ4n) is 1.48. The lowest BCUT2D eigenvalue weighted by Crippen LogP contribution is -1.95. The summed E-state index contributed by atoms with van der Waals surface area (Å²) in [5.74, 6) is -4.02. The molecule has 0 bridgehead atoms. The van der Waals surface area contributed by atoms with E-state index in [0.717, 1.165) is 12.1 Å². The second-order valence-corrected chi connectivity index (χ2v) is 3.87. The third-order valence-electron chi connectivity index (χ3n) is 2.32. The van der Waals surface area contributed by atoms with Crippen molar-refractivity contribution >= 4 is 17.3 Å². The van der Waals surface area contributed by atoms with Crippen LogP contribution in [0, 0.1) is 17.5 Å². The van der Waals surface area contributed by atoms with Crippen LogP contribution in [0.25, 0.3) is 11.1 Å². The topological polar surface area (TPSA) is 26.0 Å². The smallest absolute Gasteiger partial charge is 0.195 e. The minimum absolute atomic E-state index is 0.103. The molecule has 0 heterocycles. The molecule has 0 aliphatic heterocycles. The normalized spacial score (nSPS) is 10.6. The van der Waals surface area contributed by atoms with Crippen LogP contribution in [0.2, 0.25) is 5.02 Å². The molecule has 0 saturated carbocycles. The summed E-state index contributed by atoms with van der Waals surface area (Å²) < 4.78 is 39.4. The predicted octanol–water partition coefficient (Wildman–Crippen LogP) is 4.01. The summed E-state index contributed by atoms with van der Waals surface area (Å²) in [4.78, 5) is 0. The monoisotopic (exact) mass is 257 g/mol. The minimum atomic E-state index is -1.52. The zero-order valence-corrected chi connectivity index (χ0v) is 9.23. The van der Waals surface area contributed by atoms with Crippen molar-refractivity contribution in [2.45, 2.75) is 0 Å². The van der Waals surface area contributed by atoms with Crippen LogP contribution in [0.4, 0.5) is 18.9 Å². The first kappa shape index (κ1) is 11.8. The van der Waals surface area contributed by atoms with Crippen LogP contribution in [0.1, 0.15) is 0 Å². The molecule has 0 amide bonds. The number of benzene rings is 2. The van der Waals surface area contributed by atoms with E-state index in [2.05, 4.69) is 0 Å². The van der Waals surface area contributed by atoms with E-state index in [-0.39, 0.29) is 16.1 Å². The van der Waals surface area contributed by atoms with Crippen LogP contribution in [-0.2, 0) is 0 Å². The average molecular weight is 258 g/mol. The Labute approximate surface area is 101 Å². The van der Waals surface area contributed by atoms with Crippen molar-refractivity contribution in [1.82, 2.24) is 0 Å². The van der Waals surface area contributed by atoms with E-state index in [1.807, 2.05) is 0 Å². The molecule has 0 spiro atoms. The molecule has 0 atom stereocenters. The second kappa shape index (κ2) is 4.30. The van der Waals surface area contributed by atoms with Gasteiger partial charge in [-0.25, -0.2) is 13.2 Å². The molecule has 2 rings (SSSR count). The van der Waals surface area contributed by atoms with Crippen LogP contribution in [-0.4, -0.2) is 0 Å². The zero-order valence-electron chi connectivity index (χ0n) is 8.48. The molecule has 0 radical (unpaired) electrons. The lowest BCUT2D eigenvalue weighted by molar-refractivity contribution is 0.449. The number of anilines is 1. The van der Waals surface area contributed by atoms with E-state index < -0.39 is 17.5 Å². The average Bonchev–Trinajstić information content (AvgIpc) is 2.28. The van der Waals surface area contributed by atoms with Crippen molar-refractivity contribution < 1.29 is 13.2 Å². The molecule has 2 N–H and O–H groups in total. The minimum Gasteiger partial charge on any atom is -0.399 e. The summed E-state index contributed by atoms with van der Waals surface area (Å²) in [6.45, 7) is 0. The number of hydrogen-bond acceptors (Lipinski definition) is 1. The maximum Gasteiger partial charge on any atom is 0.195 e. The summed E-state index contributed by atoms with van der Waals surface area (Å²) in [7, 11) is 0. The van der Waals surface area contributed by atoms with Crippen LogP contribution in [0.15, 0.2) is 30.3 Å². The molecule has 0 saturated heterocycles. The molecule has 0 aliphatic carbocycles. The van der Waals surface area contributed by atoms with Gasteiger partial charge >= 0.3 is 0 Å². The predicted molar refractivity (Wildman–Crippen MR) is 61.2 cm³/mol. The molecule has 0 unspecified atom stereocenters. The third-order valence-corrected chi connectivity index (χ3v) is 2.63. The Hall–Kier alpha value is -1.68. The highest BCUT2D eigenvalue weighted by Gasteiger charge is 2.16. The Kier molecular flexibility index (Phi) is 2.98. The SMILES string of the molecule is Nc1ccc(-c2ccc(F)c(F)c2F)c(Cl)c1.